The van der Waals surface area contributed by atoms with E-state index < -0.39 is 0 Å². The van der Waals surface area contributed by atoms with Crippen molar-refractivity contribution in [2.24, 2.45) is 0 Å². The zero-order valence-electron chi connectivity index (χ0n) is 8.34. The fourth-order valence-corrected chi connectivity index (χ4v) is 0.828. The first-order chi connectivity index (χ1) is 5.81. The molecule has 73 valence electrons. The van der Waals surface area contributed by atoms with Crippen LogP contribution >= 0.6 is 0 Å². The first kappa shape index (κ1) is 11.9. The number of rotatable bonds is 8. The molecular formula is C10H21O2. The Labute approximate surface area is 76.3 Å². The third kappa shape index (κ3) is 8.02. The van der Waals surface area contributed by atoms with E-state index in [0.717, 1.165) is 26.1 Å². The largest absolute Gasteiger partial charge is 0.379 e. The zero-order chi connectivity index (χ0) is 9.23. The minimum atomic E-state index is 0.225. The lowest BCUT2D eigenvalue weighted by atomic mass is 10.3. The SMILES string of the molecule is [CH2]CCOCC(C)OCCCC. The van der Waals surface area contributed by atoms with Crippen molar-refractivity contribution in [3.05, 3.63) is 6.92 Å². The Morgan fingerprint density at radius 2 is 2.08 bits per heavy atom. The molecule has 0 saturated heterocycles. The lowest BCUT2D eigenvalue weighted by Crippen LogP contribution is -2.16. The number of ether oxygens (including phenoxy) is 2. The summed E-state index contributed by atoms with van der Waals surface area (Å²) in [6.45, 7) is 10.2. The molecule has 1 unspecified atom stereocenters. The van der Waals surface area contributed by atoms with Crippen LogP contribution in [0, 0.1) is 6.92 Å². The Morgan fingerprint density at radius 3 is 2.67 bits per heavy atom. The van der Waals surface area contributed by atoms with Crippen LogP contribution in [0.2, 0.25) is 0 Å². The van der Waals surface area contributed by atoms with Crippen LogP contribution in [0.4, 0.5) is 0 Å². The molecule has 2 heteroatoms. The van der Waals surface area contributed by atoms with Gasteiger partial charge in [-0.2, -0.15) is 0 Å². The summed E-state index contributed by atoms with van der Waals surface area (Å²) in [6, 6.07) is 0. The van der Waals surface area contributed by atoms with Gasteiger partial charge in [0.05, 0.1) is 12.7 Å². The fourth-order valence-electron chi connectivity index (χ4n) is 0.828. The van der Waals surface area contributed by atoms with Crippen molar-refractivity contribution in [1.29, 1.82) is 0 Å². The van der Waals surface area contributed by atoms with E-state index in [0.29, 0.717) is 6.61 Å². The molecule has 0 aromatic heterocycles. The Hall–Kier alpha value is -0.0800. The second kappa shape index (κ2) is 9.01. The maximum atomic E-state index is 5.48. The molecule has 0 saturated carbocycles. The van der Waals surface area contributed by atoms with Crippen molar-refractivity contribution < 1.29 is 9.47 Å². The van der Waals surface area contributed by atoms with Gasteiger partial charge in [-0.1, -0.05) is 20.3 Å². The van der Waals surface area contributed by atoms with E-state index in [1.165, 1.54) is 6.42 Å². The molecule has 0 fully saturated rings. The molecule has 0 rings (SSSR count). The topological polar surface area (TPSA) is 18.5 Å². The average Bonchev–Trinajstić information content (AvgIpc) is 2.06. The van der Waals surface area contributed by atoms with E-state index in [4.69, 9.17) is 9.47 Å². The summed E-state index contributed by atoms with van der Waals surface area (Å²) in [4.78, 5) is 0. The highest BCUT2D eigenvalue weighted by Crippen LogP contribution is 1.96. The van der Waals surface area contributed by atoms with Crippen molar-refractivity contribution in [3.63, 3.8) is 0 Å². The molecule has 0 bridgehead atoms. The second-order valence-electron chi connectivity index (χ2n) is 2.96. The predicted molar refractivity (Wildman–Crippen MR) is 51.1 cm³/mol. The van der Waals surface area contributed by atoms with Gasteiger partial charge in [0.1, 0.15) is 0 Å². The van der Waals surface area contributed by atoms with Crippen LogP contribution in [0.15, 0.2) is 0 Å². The summed E-state index contributed by atoms with van der Waals surface area (Å²) < 4.78 is 10.8. The van der Waals surface area contributed by atoms with Crippen LogP contribution in [0.3, 0.4) is 0 Å². The van der Waals surface area contributed by atoms with Gasteiger partial charge in [0.15, 0.2) is 0 Å². The Balaban J connectivity index is 3.04. The summed E-state index contributed by atoms with van der Waals surface area (Å²) in [5, 5.41) is 0. The summed E-state index contributed by atoms with van der Waals surface area (Å²) in [6.07, 6.45) is 3.39. The van der Waals surface area contributed by atoms with Crippen LogP contribution in [-0.4, -0.2) is 25.9 Å². The van der Waals surface area contributed by atoms with Gasteiger partial charge in [0.25, 0.3) is 0 Å². The Bertz CT molecular complexity index is 73.9. The van der Waals surface area contributed by atoms with E-state index >= 15 is 0 Å². The smallest absolute Gasteiger partial charge is 0.0780 e. The van der Waals surface area contributed by atoms with Gasteiger partial charge in [0.2, 0.25) is 0 Å². The van der Waals surface area contributed by atoms with E-state index in [1.807, 2.05) is 6.92 Å². The van der Waals surface area contributed by atoms with Crippen LogP contribution in [0.1, 0.15) is 33.1 Å². The van der Waals surface area contributed by atoms with E-state index in [9.17, 15) is 0 Å². The minimum Gasteiger partial charge on any atom is -0.379 e. The van der Waals surface area contributed by atoms with Gasteiger partial charge in [-0.3, -0.25) is 0 Å². The number of hydrogen-bond acceptors (Lipinski definition) is 2. The van der Waals surface area contributed by atoms with Crippen molar-refractivity contribution >= 4 is 0 Å². The van der Waals surface area contributed by atoms with E-state index in [1.54, 1.807) is 0 Å². The molecule has 0 heterocycles. The fraction of sp³-hybridized carbons (Fsp3) is 0.900. The first-order valence-corrected chi connectivity index (χ1v) is 4.79. The molecule has 2 nitrogen and oxygen atoms in total. The van der Waals surface area contributed by atoms with Gasteiger partial charge in [-0.05, 0) is 19.8 Å². The molecule has 0 aliphatic rings. The molecule has 1 radical (unpaired) electrons. The predicted octanol–water partition coefficient (Wildman–Crippen LogP) is 2.43. The van der Waals surface area contributed by atoms with Crippen molar-refractivity contribution in [3.8, 4) is 0 Å². The van der Waals surface area contributed by atoms with Gasteiger partial charge in [-0.15, -0.1) is 0 Å². The summed E-state index contributed by atoms with van der Waals surface area (Å²) in [7, 11) is 0. The molecule has 1 atom stereocenters. The number of unbranched alkanes of at least 4 members (excludes halogenated alkanes) is 1. The third-order valence-electron chi connectivity index (χ3n) is 1.54. The lowest BCUT2D eigenvalue weighted by molar-refractivity contribution is -0.00645. The third-order valence-corrected chi connectivity index (χ3v) is 1.54. The first-order valence-electron chi connectivity index (χ1n) is 4.79. The van der Waals surface area contributed by atoms with Gasteiger partial charge < -0.3 is 9.47 Å². The van der Waals surface area contributed by atoms with Crippen LogP contribution in [0.5, 0.6) is 0 Å². The molecule has 0 N–H and O–H groups in total. The highest BCUT2D eigenvalue weighted by molar-refractivity contribution is 4.47. The molecule has 0 spiro atoms. The lowest BCUT2D eigenvalue weighted by Gasteiger charge is -2.12. The highest BCUT2D eigenvalue weighted by atomic mass is 16.5. The highest BCUT2D eigenvalue weighted by Gasteiger charge is 2.00. The molecule has 0 aliphatic heterocycles. The Kier molecular flexibility index (Phi) is 8.95. The molecule has 0 aromatic carbocycles. The Morgan fingerprint density at radius 1 is 1.33 bits per heavy atom. The quantitative estimate of drug-likeness (QED) is 0.525. The molecule has 12 heavy (non-hydrogen) atoms. The van der Waals surface area contributed by atoms with E-state index in [-0.39, 0.29) is 6.10 Å². The van der Waals surface area contributed by atoms with Crippen molar-refractivity contribution in [1.82, 2.24) is 0 Å². The monoisotopic (exact) mass is 173 g/mol. The van der Waals surface area contributed by atoms with E-state index in [2.05, 4.69) is 13.8 Å². The summed E-state index contributed by atoms with van der Waals surface area (Å²) >= 11 is 0. The molecular weight excluding hydrogens is 152 g/mol. The van der Waals surface area contributed by atoms with Gasteiger partial charge in [-0.25, -0.2) is 0 Å². The maximum Gasteiger partial charge on any atom is 0.0780 e. The van der Waals surface area contributed by atoms with Crippen molar-refractivity contribution in [2.75, 3.05) is 19.8 Å². The molecule has 0 aliphatic carbocycles. The standard InChI is InChI=1S/C10H21O2/c1-4-6-8-12-10(3)9-11-7-5-2/h10H,2,4-9H2,1,3H3. The van der Waals surface area contributed by atoms with Gasteiger partial charge in [0, 0.05) is 13.2 Å². The maximum absolute atomic E-state index is 5.48. The minimum absolute atomic E-state index is 0.225. The second-order valence-corrected chi connectivity index (χ2v) is 2.96. The average molecular weight is 173 g/mol. The number of hydrogen-bond donors (Lipinski definition) is 0. The van der Waals surface area contributed by atoms with Crippen LogP contribution in [-0.2, 0) is 9.47 Å². The molecule has 0 aromatic rings. The van der Waals surface area contributed by atoms with Gasteiger partial charge >= 0.3 is 0 Å². The van der Waals surface area contributed by atoms with Crippen LogP contribution in [0.25, 0.3) is 0 Å². The normalized spacial score (nSPS) is 13.2. The van der Waals surface area contributed by atoms with Crippen LogP contribution < -0.4 is 0 Å². The summed E-state index contributed by atoms with van der Waals surface area (Å²) in [5.41, 5.74) is 0. The zero-order valence-corrected chi connectivity index (χ0v) is 8.34. The molecule has 0 amide bonds. The van der Waals surface area contributed by atoms with Crippen molar-refractivity contribution in [2.45, 2.75) is 39.2 Å². The summed E-state index contributed by atoms with van der Waals surface area (Å²) in [5.74, 6) is 0.